The van der Waals surface area contributed by atoms with E-state index in [1.165, 1.54) is 5.56 Å². The largest absolute Gasteiger partial charge is 0.399 e. The zero-order chi connectivity index (χ0) is 14.8. The molecule has 0 aliphatic carbocycles. The van der Waals surface area contributed by atoms with Gasteiger partial charge in [0, 0.05) is 11.3 Å². The number of nitrogens with zero attached hydrogens (tertiary/aromatic N) is 3. The fourth-order valence-corrected chi connectivity index (χ4v) is 2.23. The van der Waals surface area contributed by atoms with Crippen molar-refractivity contribution in [3.8, 4) is 16.9 Å². The highest BCUT2D eigenvalue weighted by atomic mass is 15.4. The van der Waals surface area contributed by atoms with Gasteiger partial charge in [-0.3, -0.25) is 0 Å². The van der Waals surface area contributed by atoms with E-state index in [0.717, 1.165) is 16.9 Å². The Bertz CT molecular complexity index is 741. The molecule has 2 aromatic carbocycles. The summed E-state index contributed by atoms with van der Waals surface area (Å²) < 4.78 is 1.74. The van der Waals surface area contributed by atoms with Crippen LogP contribution in [0.15, 0.2) is 54.7 Å². The van der Waals surface area contributed by atoms with Crippen LogP contribution in [-0.4, -0.2) is 15.0 Å². The van der Waals surface area contributed by atoms with Crippen LogP contribution in [0, 0.1) is 0 Å². The van der Waals surface area contributed by atoms with Crippen LogP contribution in [0.25, 0.3) is 16.9 Å². The Morgan fingerprint density at radius 2 is 1.81 bits per heavy atom. The molecule has 1 aromatic heterocycles. The molecule has 0 atom stereocenters. The summed E-state index contributed by atoms with van der Waals surface area (Å²) in [6, 6.07) is 16.0. The lowest BCUT2D eigenvalue weighted by molar-refractivity contribution is 0.804. The number of anilines is 1. The lowest BCUT2D eigenvalue weighted by Gasteiger charge is -2.05. The number of aromatic nitrogens is 3. The van der Waals surface area contributed by atoms with E-state index in [4.69, 9.17) is 5.73 Å². The number of rotatable bonds is 3. The lowest BCUT2D eigenvalue weighted by Crippen LogP contribution is -1.95. The normalized spacial score (nSPS) is 11.0. The van der Waals surface area contributed by atoms with Crippen molar-refractivity contribution >= 4 is 5.69 Å². The minimum Gasteiger partial charge on any atom is -0.399 e. The Balaban J connectivity index is 1.91. The Morgan fingerprint density at radius 1 is 1.05 bits per heavy atom. The maximum absolute atomic E-state index is 5.80. The van der Waals surface area contributed by atoms with Crippen molar-refractivity contribution in [2.45, 2.75) is 19.8 Å². The molecule has 21 heavy (non-hydrogen) atoms. The van der Waals surface area contributed by atoms with Crippen LogP contribution in [0.5, 0.6) is 0 Å². The molecule has 0 aliphatic heterocycles. The molecule has 4 nitrogen and oxygen atoms in total. The maximum Gasteiger partial charge on any atom is 0.113 e. The second-order valence-electron chi connectivity index (χ2n) is 5.42. The van der Waals surface area contributed by atoms with Crippen molar-refractivity contribution in [1.82, 2.24) is 15.0 Å². The van der Waals surface area contributed by atoms with Crippen molar-refractivity contribution in [2.24, 2.45) is 0 Å². The van der Waals surface area contributed by atoms with Crippen LogP contribution in [0.2, 0.25) is 0 Å². The van der Waals surface area contributed by atoms with E-state index in [-0.39, 0.29) is 0 Å². The molecule has 0 amide bonds. The maximum atomic E-state index is 5.80. The molecule has 0 unspecified atom stereocenters. The molecule has 0 aliphatic rings. The van der Waals surface area contributed by atoms with Crippen molar-refractivity contribution in [3.63, 3.8) is 0 Å². The standard InChI is InChI=1S/C17H18N4/c1-12(2)13-6-8-14(9-7-13)17-11-21(20-19-17)16-5-3-4-15(18)10-16/h3-12H,18H2,1-2H3. The van der Waals surface area contributed by atoms with Crippen LogP contribution >= 0.6 is 0 Å². The second-order valence-corrected chi connectivity index (χ2v) is 5.42. The van der Waals surface area contributed by atoms with Crippen LogP contribution in [0.4, 0.5) is 5.69 Å². The number of hydrogen-bond donors (Lipinski definition) is 1. The molecule has 0 saturated heterocycles. The van der Waals surface area contributed by atoms with E-state index in [2.05, 4.69) is 48.4 Å². The molecule has 1 heterocycles. The first kappa shape index (κ1) is 13.4. The highest BCUT2D eigenvalue weighted by Gasteiger charge is 2.06. The van der Waals surface area contributed by atoms with Crippen LogP contribution in [0.1, 0.15) is 25.3 Å². The molecule has 106 valence electrons. The number of benzene rings is 2. The van der Waals surface area contributed by atoms with Gasteiger partial charge in [-0.2, -0.15) is 0 Å². The molecule has 0 radical (unpaired) electrons. The first-order chi connectivity index (χ1) is 10.1. The van der Waals surface area contributed by atoms with Gasteiger partial charge in [0.2, 0.25) is 0 Å². The molecule has 0 bridgehead atoms. The van der Waals surface area contributed by atoms with Crippen LogP contribution in [0.3, 0.4) is 0 Å². The monoisotopic (exact) mass is 278 g/mol. The van der Waals surface area contributed by atoms with Crippen molar-refractivity contribution in [1.29, 1.82) is 0 Å². The average molecular weight is 278 g/mol. The molecule has 4 heteroatoms. The molecule has 2 N–H and O–H groups in total. The van der Waals surface area contributed by atoms with Gasteiger partial charge in [0.25, 0.3) is 0 Å². The van der Waals surface area contributed by atoms with Gasteiger partial charge >= 0.3 is 0 Å². The summed E-state index contributed by atoms with van der Waals surface area (Å²) in [7, 11) is 0. The first-order valence-corrected chi connectivity index (χ1v) is 7.02. The van der Waals surface area contributed by atoms with Crippen molar-refractivity contribution in [2.75, 3.05) is 5.73 Å². The summed E-state index contributed by atoms with van der Waals surface area (Å²) >= 11 is 0. The zero-order valence-corrected chi connectivity index (χ0v) is 12.2. The smallest absolute Gasteiger partial charge is 0.113 e. The van der Waals surface area contributed by atoms with Gasteiger partial charge in [0.05, 0.1) is 11.9 Å². The summed E-state index contributed by atoms with van der Waals surface area (Å²) in [5.41, 5.74) is 10.7. The topological polar surface area (TPSA) is 56.7 Å². The summed E-state index contributed by atoms with van der Waals surface area (Å²) in [6.45, 7) is 4.37. The van der Waals surface area contributed by atoms with Gasteiger partial charge in [0.15, 0.2) is 0 Å². The van der Waals surface area contributed by atoms with Gasteiger partial charge in [-0.1, -0.05) is 49.4 Å². The molecule has 3 aromatic rings. The highest BCUT2D eigenvalue weighted by Crippen LogP contribution is 2.21. The fraction of sp³-hybridized carbons (Fsp3) is 0.176. The molecule has 0 spiro atoms. The predicted octanol–water partition coefficient (Wildman–Crippen LogP) is 3.64. The number of nitrogen functional groups attached to an aromatic ring is 1. The molecule has 0 fully saturated rings. The lowest BCUT2D eigenvalue weighted by atomic mass is 10.0. The Kier molecular flexibility index (Phi) is 3.44. The Morgan fingerprint density at radius 3 is 2.48 bits per heavy atom. The SMILES string of the molecule is CC(C)c1ccc(-c2cn(-c3cccc(N)c3)nn2)cc1. The first-order valence-electron chi connectivity index (χ1n) is 7.02. The summed E-state index contributed by atoms with van der Waals surface area (Å²) in [5, 5.41) is 8.41. The molecule has 0 saturated carbocycles. The molecular formula is C17H18N4. The summed E-state index contributed by atoms with van der Waals surface area (Å²) in [6.07, 6.45) is 1.92. The van der Waals surface area contributed by atoms with Crippen LogP contribution < -0.4 is 5.73 Å². The minimum atomic E-state index is 0.530. The van der Waals surface area contributed by atoms with E-state index < -0.39 is 0 Å². The van der Waals surface area contributed by atoms with Gasteiger partial charge in [-0.15, -0.1) is 5.10 Å². The van der Waals surface area contributed by atoms with E-state index in [1.807, 2.05) is 30.5 Å². The van der Waals surface area contributed by atoms with Crippen molar-refractivity contribution in [3.05, 3.63) is 60.3 Å². The zero-order valence-electron chi connectivity index (χ0n) is 12.2. The highest BCUT2D eigenvalue weighted by molar-refractivity contribution is 5.59. The van der Waals surface area contributed by atoms with Crippen LogP contribution in [-0.2, 0) is 0 Å². The van der Waals surface area contributed by atoms with Crippen molar-refractivity contribution < 1.29 is 0 Å². The Hall–Kier alpha value is -2.62. The molecular weight excluding hydrogens is 260 g/mol. The van der Waals surface area contributed by atoms with Gasteiger partial charge in [0.1, 0.15) is 5.69 Å². The third-order valence-corrected chi connectivity index (χ3v) is 3.50. The Labute approximate surface area is 124 Å². The predicted molar refractivity (Wildman–Crippen MR) is 85.3 cm³/mol. The van der Waals surface area contributed by atoms with E-state index in [9.17, 15) is 0 Å². The van der Waals surface area contributed by atoms with Gasteiger partial charge in [-0.25, -0.2) is 4.68 Å². The quantitative estimate of drug-likeness (QED) is 0.744. The number of nitrogens with two attached hydrogens (primary N) is 1. The second kappa shape index (κ2) is 5.40. The summed E-state index contributed by atoms with van der Waals surface area (Å²) in [5.74, 6) is 0.530. The summed E-state index contributed by atoms with van der Waals surface area (Å²) in [4.78, 5) is 0. The molecule has 3 rings (SSSR count). The minimum absolute atomic E-state index is 0.530. The van der Waals surface area contributed by atoms with Gasteiger partial charge < -0.3 is 5.73 Å². The van der Waals surface area contributed by atoms with E-state index in [1.54, 1.807) is 4.68 Å². The average Bonchev–Trinajstić information content (AvgIpc) is 2.97. The fourth-order valence-electron chi connectivity index (χ4n) is 2.23. The van der Waals surface area contributed by atoms with E-state index >= 15 is 0 Å². The van der Waals surface area contributed by atoms with Gasteiger partial charge in [-0.05, 0) is 29.7 Å². The van der Waals surface area contributed by atoms with E-state index in [0.29, 0.717) is 11.6 Å². The third kappa shape index (κ3) is 2.79. The third-order valence-electron chi connectivity index (χ3n) is 3.50. The number of hydrogen-bond acceptors (Lipinski definition) is 3.